The van der Waals surface area contributed by atoms with E-state index in [1.807, 2.05) is 0 Å². The summed E-state index contributed by atoms with van der Waals surface area (Å²) >= 11 is 2.31. The van der Waals surface area contributed by atoms with E-state index in [0.29, 0.717) is 29.9 Å². The fraction of sp³-hybridized carbons (Fsp3) is 0.350. The van der Waals surface area contributed by atoms with Gasteiger partial charge in [0.2, 0.25) is 6.79 Å². The summed E-state index contributed by atoms with van der Waals surface area (Å²) in [6.07, 6.45) is 0.942. The lowest BCUT2D eigenvalue weighted by molar-refractivity contribution is -0.141. The molecule has 2 aliphatic rings. The zero-order valence-electron chi connectivity index (χ0n) is 17.4. The van der Waals surface area contributed by atoms with E-state index < -0.39 is 27.9 Å². The summed E-state index contributed by atoms with van der Waals surface area (Å²) < 4.78 is 45.4. The topological polar surface area (TPSA) is 116 Å². The van der Waals surface area contributed by atoms with Crippen molar-refractivity contribution in [3.8, 4) is 11.5 Å². The van der Waals surface area contributed by atoms with Gasteiger partial charge in [-0.05, 0) is 24.3 Å². The van der Waals surface area contributed by atoms with E-state index in [9.17, 15) is 18.0 Å². The number of thiazole rings is 1. The Morgan fingerprint density at radius 1 is 1.27 bits per heavy atom. The molecule has 0 bridgehead atoms. The summed E-state index contributed by atoms with van der Waals surface area (Å²) in [5, 5.41) is 1.68. The van der Waals surface area contributed by atoms with Crippen molar-refractivity contribution in [1.29, 1.82) is 0 Å². The van der Waals surface area contributed by atoms with Gasteiger partial charge >= 0.3 is 5.97 Å². The fourth-order valence-corrected chi connectivity index (χ4v) is 7.68. The van der Waals surface area contributed by atoms with Gasteiger partial charge < -0.3 is 18.8 Å². The summed E-state index contributed by atoms with van der Waals surface area (Å²) in [6.45, 7) is 0.196. The highest BCUT2D eigenvalue weighted by Gasteiger charge is 2.40. The average molecular weight is 510 g/mol. The molecular formula is C20H19N3O7S3. The Hall–Kier alpha value is -2.74. The molecule has 33 heavy (non-hydrogen) atoms. The van der Waals surface area contributed by atoms with E-state index in [-0.39, 0.29) is 28.9 Å². The van der Waals surface area contributed by atoms with Crippen LogP contribution in [0.1, 0.15) is 12.8 Å². The SMILES string of the molecule is COC(=O)Cn1c(=NC(=O)C2CCCN2S(=O)(=O)c2cccs2)sc2cc3c(cc21)OCO3. The average Bonchev–Trinajstić information content (AvgIpc) is 3.59. The van der Waals surface area contributed by atoms with Crippen LogP contribution in [0.5, 0.6) is 11.5 Å². The van der Waals surface area contributed by atoms with E-state index in [1.54, 1.807) is 28.1 Å². The summed E-state index contributed by atoms with van der Waals surface area (Å²) in [7, 11) is -2.51. The van der Waals surface area contributed by atoms with Gasteiger partial charge in [0.05, 0.1) is 17.3 Å². The molecule has 0 N–H and O–H groups in total. The van der Waals surface area contributed by atoms with Crippen LogP contribution in [0.15, 0.2) is 38.8 Å². The van der Waals surface area contributed by atoms with Gasteiger partial charge in [-0.15, -0.1) is 11.3 Å². The number of thiophene rings is 1. The van der Waals surface area contributed by atoms with E-state index in [0.717, 1.165) is 16.0 Å². The summed E-state index contributed by atoms with van der Waals surface area (Å²) in [5.74, 6) is 0.0125. The number of ether oxygens (including phenoxy) is 3. The normalized spacial score (nSPS) is 18.8. The fourth-order valence-electron chi connectivity index (χ4n) is 3.86. The Bertz CT molecular complexity index is 1410. The second-order valence-electron chi connectivity index (χ2n) is 7.38. The molecule has 1 aromatic carbocycles. The molecule has 1 saturated heterocycles. The van der Waals surface area contributed by atoms with Gasteiger partial charge in [-0.3, -0.25) is 9.59 Å². The summed E-state index contributed by atoms with van der Waals surface area (Å²) in [5.41, 5.74) is 0.635. The Morgan fingerprint density at radius 3 is 2.79 bits per heavy atom. The third-order valence-corrected chi connectivity index (χ3v) is 9.77. The lowest BCUT2D eigenvalue weighted by Crippen LogP contribution is -2.40. The number of nitrogens with zero attached hydrogens (tertiary/aromatic N) is 3. The maximum Gasteiger partial charge on any atom is 0.325 e. The number of hydrogen-bond acceptors (Lipinski definition) is 9. The van der Waals surface area contributed by atoms with Crippen molar-refractivity contribution in [3.63, 3.8) is 0 Å². The van der Waals surface area contributed by atoms with Gasteiger partial charge in [-0.1, -0.05) is 17.4 Å². The number of rotatable bonds is 5. The van der Waals surface area contributed by atoms with Gasteiger partial charge in [0.25, 0.3) is 15.9 Å². The largest absolute Gasteiger partial charge is 0.468 e. The van der Waals surface area contributed by atoms with Crippen LogP contribution in [0, 0.1) is 0 Å². The molecule has 0 saturated carbocycles. The number of fused-ring (bicyclic) bond motifs is 2. The lowest BCUT2D eigenvalue weighted by atomic mass is 10.2. The maximum absolute atomic E-state index is 13.2. The van der Waals surface area contributed by atoms with Crippen LogP contribution in [0.3, 0.4) is 0 Å². The molecule has 1 amide bonds. The first-order chi connectivity index (χ1) is 15.9. The van der Waals surface area contributed by atoms with Crippen LogP contribution >= 0.6 is 22.7 Å². The predicted octanol–water partition coefficient (Wildman–Crippen LogP) is 1.95. The Kier molecular flexibility index (Phi) is 5.72. The first-order valence-corrected chi connectivity index (χ1v) is 13.2. The highest BCUT2D eigenvalue weighted by atomic mass is 32.2. The number of carbonyl (C=O) groups is 2. The molecular weight excluding hydrogens is 490 g/mol. The van der Waals surface area contributed by atoms with Gasteiger partial charge in [0.15, 0.2) is 16.3 Å². The first kappa shape index (κ1) is 22.1. The van der Waals surface area contributed by atoms with Crippen molar-refractivity contribution in [2.75, 3.05) is 20.4 Å². The molecule has 174 valence electrons. The molecule has 1 fully saturated rings. The van der Waals surface area contributed by atoms with Crippen molar-refractivity contribution >= 4 is 54.8 Å². The van der Waals surface area contributed by atoms with Gasteiger partial charge in [0.1, 0.15) is 16.8 Å². The number of amides is 1. The second-order valence-corrected chi connectivity index (χ2v) is 11.5. The number of esters is 1. The minimum atomic E-state index is -3.79. The Balaban J connectivity index is 1.56. The lowest BCUT2D eigenvalue weighted by Gasteiger charge is -2.20. The molecule has 4 heterocycles. The van der Waals surface area contributed by atoms with Crippen molar-refractivity contribution in [2.45, 2.75) is 29.6 Å². The van der Waals surface area contributed by atoms with Gasteiger partial charge in [-0.2, -0.15) is 9.30 Å². The van der Waals surface area contributed by atoms with Gasteiger partial charge in [-0.25, -0.2) is 8.42 Å². The van der Waals surface area contributed by atoms with Crippen LogP contribution in [-0.4, -0.2) is 55.7 Å². The zero-order valence-corrected chi connectivity index (χ0v) is 19.9. The standard InChI is InChI=1S/C20H19N3O7S3/c1-28-17(24)10-22-13-8-14-15(30-11-29-14)9-16(13)32-20(22)21-19(25)12-4-2-6-23(12)33(26,27)18-5-3-7-31-18/h3,5,7-9,12H,2,4,6,10-11H2,1H3. The van der Waals surface area contributed by atoms with E-state index >= 15 is 0 Å². The predicted molar refractivity (Wildman–Crippen MR) is 120 cm³/mol. The van der Waals surface area contributed by atoms with Crippen LogP contribution < -0.4 is 14.3 Å². The molecule has 0 aliphatic carbocycles. The van der Waals surface area contributed by atoms with Gasteiger partial charge in [0, 0.05) is 18.7 Å². The molecule has 0 radical (unpaired) electrons. The molecule has 13 heteroatoms. The highest BCUT2D eigenvalue weighted by molar-refractivity contribution is 7.91. The molecule has 5 rings (SSSR count). The summed E-state index contributed by atoms with van der Waals surface area (Å²) in [4.78, 5) is 29.8. The second kappa shape index (κ2) is 8.56. The quantitative estimate of drug-likeness (QED) is 0.483. The molecule has 0 spiro atoms. The van der Waals surface area contributed by atoms with E-state index in [4.69, 9.17) is 14.2 Å². The molecule has 1 unspecified atom stereocenters. The number of carbonyl (C=O) groups excluding carboxylic acids is 2. The van der Waals surface area contributed by atoms with Crippen LogP contribution in [-0.2, 0) is 30.9 Å². The van der Waals surface area contributed by atoms with E-state index in [2.05, 4.69) is 4.99 Å². The number of sulfonamides is 1. The van der Waals surface area contributed by atoms with Crippen LogP contribution in [0.2, 0.25) is 0 Å². The van der Waals surface area contributed by atoms with Crippen molar-refractivity contribution in [3.05, 3.63) is 34.4 Å². The Morgan fingerprint density at radius 2 is 2.06 bits per heavy atom. The third kappa shape index (κ3) is 3.94. The van der Waals surface area contributed by atoms with Crippen LogP contribution in [0.25, 0.3) is 10.2 Å². The monoisotopic (exact) mass is 509 g/mol. The third-order valence-electron chi connectivity index (χ3n) is 5.44. The molecule has 2 aliphatic heterocycles. The maximum atomic E-state index is 13.2. The van der Waals surface area contributed by atoms with E-state index in [1.165, 1.54) is 28.8 Å². The number of methoxy groups -OCH3 is 1. The van der Waals surface area contributed by atoms with Crippen molar-refractivity contribution in [1.82, 2.24) is 8.87 Å². The number of hydrogen-bond donors (Lipinski definition) is 0. The zero-order chi connectivity index (χ0) is 23.2. The number of aromatic nitrogens is 1. The molecule has 10 nitrogen and oxygen atoms in total. The molecule has 1 atom stereocenters. The smallest absolute Gasteiger partial charge is 0.325 e. The number of benzene rings is 1. The van der Waals surface area contributed by atoms with Crippen LogP contribution in [0.4, 0.5) is 0 Å². The minimum absolute atomic E-state index is 0.107. The Labute approximate surface area is 196 Å². The minimum Gasteiger partial charge on any atom is -0.468 e. The molecule has 3 aromatic rings. The van der Waals surface area contributed by atoms with Crippen molar-refractivity contribution < 1.29 is 32.2 Å². The summed E-state index contributed by atoms with van der Waals surface area (Å²) in [6, 6.07) is 5.78. The van der Waals surface area contributed by atoms with Crippen molar-refractivity contribution in [2.24, 2.45) is 4.99 Å². The molecule has 2 aromatic heterocycles. The highest BCUT2D eigenvalue weighted by Crippen LogP contribution is 2.37. The first-order valence-electron chi connectivity index (χ1n) is 10.0.